The van der Waals surface area contributed by atoms with Crippen LogP contribution in [0.15, 0.2) is 17.2 Å². The molecule has 0 bridgehead atoms. The highest BCUT2D eigenvalue weighted by atomic mass is 32.1. The van der Waals surface area contributed by atoms with Crippen molar-refractivity contribution in [3.63, 3.8) is 0 Å². The third-order valence-corrected chi connectivity index (χ3v) is 5.81. The summed E-state index contributed by atoms with van der Waals surface area (Å²) in [6.07, 6.45) is 9.37. The van der Waals surface area contributed by atoms with Gasteiger partial charge in [0.15, 0.2) is 5.75 Å². The SMILES string of the molecule is CCCCCCOc1cc2c(cc1N=N)sc(NCCCC)[n+]2CCCC. The van der Waals surface area contributed by atoms with Gasteiger partial charge in [0.25, 0.3) is 0 Å². The molecule has 1 aromatic carbocycles. The van der Waals surface area contributed by atoms with Crippen LogP contribution in [0.5, 0.6) is 5.75 Å². The smallest absolute Gasteiger partial charge is 0.334 e. The number of nitrogens with zero attached hydrogens (tertiary/aromatic N) is 2. The van der Waals surface area contributed by atoms with Gasteiger partial charge in [-0.1, -0.05) is 52.9 Å². The Balaban J connectivity index is 2.27. The first-order valence-corrected chi connectivity index (χ1v) is 11.3. The Kier molecular flexibility index (Phi) is 9.53. The zero-order chi connectivity index (χ0) is 19.5. The zero-order valence-corrected chi connectivity index (χ0v) is 18.0. The maximum absolute atomic E-state index is 7.54. The third kappa shape index (κ3) is 6.16. The fourth-order valence-electron chi connectivity index (χ4n) is 3.06. The average molecular weight is 392 g/mol. The van der Waals surface area contributed by atoms with Crippen molar-refractivity contribution in [2.45, 2.75) is 78.7 Å². The summed E-state index contributed by atoms with van der Waals surface area (Å²) in [4.78, 5) is 0. The maximum Gasteiger partial charge on any atom is 0.334 e. The van der Waals surface area contributed by atoms with E-state index in [1.54, 1.807) is 11.3 Å². The standard InChI is InChI=1S/C21H34N4OS/c1-4-7-10-11-14-26-19-16-18-20(15-17(19)24-22)27-21(23-12-8-5-2)25(18)13-9-6-3/h15-16,22H,4-14H2,1-3H3/p+1. The predicted molar refractivity (Wildman–Crippen MR) is 115 cm³/mol. The second-order valence-corrected chi connectivity index (χ2v) is 8.03. The number of fused-ring (bicyclic) bond motifs is 1. The summed E-state index contributed by atoms with van der Waals surface area (Å²) in [6, 6.07) is 4.08. The van der Waals surface area contributed by atoms with Gasteiger partial charge in [-0.3, -0.25) is 5.32 Å². The Morgan fingerprint density at radius 2 is 1.81 bits per heavy atom. The number of hydrogen-bond acceptors (Lipinski definition) is 5. The van der Waals surface area contributed by atoms with E-state index in [0.29, 0.717) is 12.3 Å². The lowest BCUT2D eigenvalue weighted by Crippen LogP contribution is -2.35. The van der Waals surface area contributed by atoms with Crippen molar-refractivity contribution in [3.05, 3.63) is 12.1 Å². The minimum atomic E-state index is 0.627. The fraction of sp³-hybridized carbons (Fsp3) is 0.667. The van der Waals surface area contributed by atoms with E-state index in [1.807, 2.05) is 6.07 Å². The molecule has 1 heterocycles. The topological polar surface area (TPSA) is 61.4 Å². The van der Waals surface area contributed by atoms with Crippen LogP contribution < -0.4 is 14.6 Å². The highest BCUT2D eigenvalue weighted by molar-refractivity contribution is 7.21. The molecule has 150 valence electrons. The van der Waals surface area contributed by atoms with Crippen LogP contribution in [-0.2, 0) is 6.54 Å². The van der Waals surface area contributed by atoms with Gasteiger partial charge in [0.1, 0.15) is 11.2 Å². The number of hydrogen-bond donors (Lipinski definition) is 2. The molecule has 2 rings (SSSR count). The van der Waals surface area contributed by atoms with Crippen LogP contribution in [0.3, 0.4) is 0 Å². The maximum atomic E-state index is 7.54. The van der Waals surface area contributed by atoms with E-state index in [1.165, 1.54) is 49.2 Å². The molecule has 2 aromatic rings. The van der Waals surface area contributed by atoms with Gasteiger partial charge in [0.2, 0.25) is 0 Å². The molecule has 0 unspecified atom stereocenters. The number of unbranched alkanes of at least 4 members (excludes halogenated alkanes) is 5. The lowest BCUT2D eigenvalue weighted by Gasteiger charge is -2.08. The summed E-state index contributed by atoms with van der Waals surface area (Å²) >= 11 is 1.75. The normalized spacial score (nSPS) is 11.1. The van der Waals surface area contributed by atoms with Crippen LogP contribution >= 0.6 is 11.3 Å². The van der Waals surface area contributed by atoms with E-state index in [0.717, 1.165) is 36.4 Å². The van der Waals surface area contributed by atoms with Gasteiger partial charge in [-0.2, -0.15) is 5.11 Å². The number of ether oxygens (including phenoxy) is 1. The lowest BCUT2D eigenvalue weighted by molar-refractivity contribution is -0.654. The lowest BCUT2D eigenvalue weighted by atomic mass is 10.2. The summed E-state index contributed by atoms with van der Waals surface area (Å²) in [5.74, 6) is 0.733. The van der Waals surface area contributed by atoms with Gasteiger partial charge >= 0.3 is 5.13 Å². The minimum Gasteiger partial charge on any atom is -0.491 e. The molecule has 0 saturated heterocycles. The molecule has 0 aliphatic carbocycles. The Morgan fingerprint density at radius 3 is 2.52 bits per heavy atom. The van der Waals surface area contributed by atoms with Gasteiger partial charge < -0.3 is 4.74 Å². The predicted octanol–water partition coefficient (Wildman–Crippen LogP) is 6.82. The molecule has 27 heavy (non-hydrogen) atoms. The van der Waals surface area contributed by atoms with Crippen molar-refractivity contribution in [1.29, 1.82) is 5.53 Å². The van der Waals surface area contributed by atoms with E-state index in [9.17, 15) is 0 Å². The van der Waals surface area contributed by atoms with E-state index in [-0.39, 0.29) is 0 Å². The quantitative estimate of drug-likeness (QED) is 0.211. The molecule has 0 aliphatic rings. The number of nitrogens with one attached hydrogen (secondary N) is 2. The van der Waals surface area contributed by atoms with E-state index >= 15 is 0 Å². The van der Waals surface area contributed by atoms with Gasteiger partial charge in [-0.15, -0.1) is 0 Å². The number of thiazole rings is 1. The Hall–Kier alpha value is -1.69. The van der Waals surface area contributed by atoms with Crippen LogP contribution in [-0.4, -0.2) is 13.2 Å². The fourth-order valence-corrected chi connectivity index (χ4v) is 4.18. The Bertz CT molecular complexity index is 714. The number of anilines is 1. The highest BCUT2D eigenvalue weighted by Crippen LogP contribution is 2.36. The molecular weight excluding hydrogens is 356 g/mol. The van der Waals surface area contributed by atoms with Crippen LogP contribution in [0.4, 0.5) is 10.8 Å². The van der Waals surface area contributed by atoms with Crippen LogP contribution in [0, 0.1) is 5.53 Å². The summed E-state index contributed by atoms with van der Waals surface area (Å²) < 4.78 is 9.54. The summed E-state index contributed by atoms with van der Waals surface area (Å²) in [7, 11) is 0. The third-order valence-electron chi connectivity index (χ3n) is 4.70. The molecule has 5 nitrogen and oxygen atoms in total. The van der Waals surface area contributed by atoms with Gasteiger partial charge in [-0.05, 0) is 36.7 Å². The molecular formula is C21H35N4OS+. The molecule has 0 amide bonds. The van der Waals surface area contributed by atoms with E-state index in [2.05, 4.69) is 41.8 Å². The number of rotatable bonds is 14. The van der Waals surface area contributed by atoms with Crippen LogP contribution in [0.2, 0.25) is 0 Å². The largest absolute Gasteiger partial charge is 0.491 e. The molecule has 0 spiro atoms. The van der Waals surface area contributed by atoms with E-state index in [4.69, 9.17) is 10.3 Å². The zero-order valence-electron chi connectivity index (χ0n) is 17.1. The van der Waals surface area contributed by atoms with Gasteiger partial charge in [-0.25, -0.2) is 10.1 Å². The number of aryl methyl sites for hydroxylation is 1. The van der Waals surface area contributed by atoms with Crippen molar-refractivity contribution in [1.82, 2.24) is 0 Å². The Morgan fingerprint density at radius 1 is 1.04 bits per heavy atom. The van der Waals surface area contributed by atoms with Crippen molar-refractivity contribution in [2.75, 3.05) is 18.5 Å². The van der Waals surface area contributed by atoms with Crippen molar-refractivity contribution >= 4 is 32.4 Å². The summed E-state index contributed by atoms with van der Waals surface area (Å²) in [5, 5.41) is 8.51. The molecule has 0 atom stereocenters. The highest BCUT2D eigenvalue weighted by Gasteiger charge is 2.20. The molecule has 0 saturated carbocycles. The monoisotopic (exact) mass is 391 g/mol. The van der Waals surface area contributed by atoms with Gasteiger partial charge in [0.05, 0.1) is 24.4 Å². The molecule has 0 radical (unpaired) electrons. The van der Waals surface area contributed by atoms with Crippen molar-refractivity contribution < 1.29 is 9.30 Å². The number of aromatic nitrogens is 1. The second-order valence-electron chi connectivity index (χ2n) is 7.00. The molecule has 6 heteroatoms. The Labute approximate surface area is 167 Å². The first-order valence-electron chi connectivity index (χ1n) is 10.5. The van der Waals surface area contributed by atoms with Crippen molar-refractivity contribution in [3.8, 4) is 5.75 Å². The first kappa shape index (κ1) is 21.6. The summed E-state index contributed by atoms with van der Waals surface area (Å²) in [6.45, 7) is 9.33. The number of benzene rings is 1. The average Bonchev–Trinajstić information content (AvgIpc) is 3.02. The van der Waals surface area contributed by atoms with Crippen LogP contribution in [0.25, 0.3) is 10.2 Å². The van der Waals surface area contributed by atoms with Crippen LogP contribution in [0.1, 0.15) is 72.1 Å². The first-order chi connectivity index (χ1) is 13.2. The molecule has 1 aromatic heterocycles. The second kappa shape index (κ2) is 11.9. The molecule has 2 N–H and O–H groups in total. The minimum absolute atomic E-state index is 0.627. The molecule has 0 aliphatic heterocycles. The molecule has 0 fully saturated rings. The summed E-state index contributed by atoms with van der Waals surface area (Å²) in [5.41, 5.74) is 9.35. The van der Waals surface area contributed by atoms with Gasteiger partial charge in [0, 0.05) is 6.07 Å². The van der Waals surface area contributed by atoms with Crippen molar-refractivity contribution in [2.24, 2.45) is 5.11 Å². The van der Waals surface area contributed by atoms with E-state index < -0.39 is 0 Å².